The average molecular weight is 392 g/mol. The second-order valence-electron chi connectivity index (χ2n) is 8.38. The van der Waals surface area contributed by atoms with Crippen molar-refractivity contribution in [2.24, 2.45) is 0 Å². The van der Waals surface area contributed by atoms with E-state index in [4.69, 9.17) is 16.6 Å². The van der Waals surface area contributed by atoms with Crippen LogP contribution in [0.25, 0.3) is 22.7 Å². The van der Waals surface area contributed by atoms with Gasteiger partial charge in [-0.3, -0.25) is 9.88 Å². The van der Waals surface area contributed by atoms with Gasteiger partial charge in [-0.2, -0.15) is 0 Å². The summed E-state index contributed by atoms with van der Waals surface area (Å²) in [5.41, 5.74) is 9.19. The Kier molecular flexibility index (Phi) is 4.33. The molecule has 1 atom stereocenters. The lowest BCUT2D eigenvalue weighted by Crippen LogP contribution is -2.35. The third-order valence-electron chi connectivity index (χ3n) is 6.44. The molecule has 0 spiro atoms. The van der Waals surface area contributed by atoms with Gasteiger partial charge in [0.25, 0.3) is 0 Å². The van der Waals surface area contributed by atoms with E-state index in [1.165, 1.54) is 45.4 Å². The molecule has 0 saturated heterocycles. The zero-order valence-corrected chi connectivity index (χ0v) is 17.6. The normalized spacial score (nSPS) is 21.1. The second kappa shape index (κ2) is 6.75. The molecular weight excluding hydrogens is 366 g/mol. The van der Waals surface area contributed by atoms with Gasteiger partial charge in [-0.25, -0.2) is 0 Å². The van der Waals surface area contributed by atoms with Crippen LogP contribution in [0.2, 0.25) is 5.02 Å². The number of rotatable bonds is 1. The summed E-state index contributed by atoms with van der Waals surface area (Å²) in [7, 11) is 2.21. The van der Waals surface area contributed by atoms with Crippen molar-refractivity contribution in [1.82, 2.24) is 14.5 Å². The molecule has 1 aliphatic carbocycles. The van der Waals surface area contributed by atoms with Crippen LogP contribution in [0.15, 0.2) is 30.3 Å². The Bertz CT molecular complexity index is 1110. The summed E-state index contributed by atoms with van der Waals surface area (Å²) in [4.78, 5) is 7.24. The van der Waals surface area contributed by atoms with E-state index in [-0.39, 0.29) is 0 Å². The number of pyridine rings is 1. The molecule has 0 saturated carbocycles. The smallest absolute Gasteiger partial charge is 0.0529 e. The fourth-order valence-corrected chi connectivity index (χ4v) is 4.93. The molecule has 28 heavy (non-hydrogen) atoms. The summed E-state index contributed by atoms with van der Waals surface area (Å²) in [6, 6.07) is 11.2. The van der Waals surface area contributed by atoms with Gasteiger partial charge in [-0.05, 0) is 75.6 Å². The van der Waals surface area contributed by atoms with Crippen LogP contribution in [0, 0.1) is 6.92 Å². The molecule has 0 amide bonds. The molecule has 4 heteroatoms. The molecule has 1 unspecified atom stereocenters. The van der Waals surface area contributed by atoms with E-state index in [1.807, 2.05) is 6.07 Å². The maximum Gasteiger partial charge on any atom is 0.0529 e. The van der Waals surface area contributed by atoms with Gasteiger partial charge < -0.3 is 4.57 Å². The number of allylic oxidation sites excluding steroid dienone is 1. The van der Waals surface area contributed by atoms with Gasteiger partial charge in [0, 0.05) is 58.3 Å². The minimum absolute atomic E-state index is 0.535. The highest BCUT2D eigenvalue weighted by atomic mass is 35.5. The molecule has 5 rings (SSSR count). The number of halogens is 1. The van der Waals surface area contributed by atoms with Gasteiger partial charge in [0.15, 0.2) is 0 Å². The quantitative estimate of drug-likeness (QED) is 0.529. The Morgan fingerprint density at radius 2 is 2.04 bits per heavy atom. The molecule has 0 fully saturated rings. The third kappa shape index (κ3) is 2.89. The van der Waals surface area contributed by atoms with Crippen LogP contribution < -0.4 is 0 Å². The molecule has 0 bridgehead atoms. The third-order valence-corrected chi connectivity index (χ3v) is 6.67. The molecule has 1 aromatic carbocycles. The standard InChI is InChI=1S/C24H26ClN3/c1-15-7-9-19-17(5-4-6-22(19)26-15)13-28-23-10-8-18(25)12-20(23)21-14-27(3)16(2)11-24(21)28/h7-10,12-13,16H,4-6,11,14H2,1-3H3/b17-13+. The topological polar surface area (TPSA) is 21.1 Å². The van der Waals surface area contributed by atoms with Crippen molar-refractivity contribution in [3.63, 3.8) is 0 Å². The Labute approximate surface area is 171 Å². The first-order valence-electron chi connectivity index (χ1n) is 10.2. The highest BCUT2D eigenvalue weighted by Crippen LogP contribution is 2.37. The van der Waals surface area contributed by atoms with E-state index in [2.05, 4.69) is 60.8 Å². The first kappa shape index (κ1) is 18.0. The van der Waals surface area contributed by atoms with Crippen LogP contribution in [0.5, 0.6) is 0 Å². The van der Waals surface area contributed by atoms with Crippen molar-refractivity contribution in [2.45, 2.75) is 52.1 Å². The summed E-state index contributed by atoms with van der Waals surface area (Å²) in [6.45, 7) is 5.37. The van der Waals surface area contributed by atoms with Crippen molar-refractivity contribution in [3.8, 4) is 0 Å². The molecular formula is C24H26ClN3. The minimum Gasteiger partial charge on any atom is -0.320 e. The lowest BCUT2D eigenvalue weighted by atomic mass is 9.91. The highest BCUT2D eigenvalue weighted by Gasteiger charge is 2.27. The van der Waals surface area contributed by atoms with Crippen LogP contribution in [-0.4, -0.2) is 27.5 Å². The maximum atomic E-state index is 6.36. The fraction of sp³-hybridized carbons (Fsp3) is 0.375. The Morgan fingerprint density at radius 1 is 1.18 bits per heavy atom. The molecule has 3 heterocycles. The van der Waals surface area contributed by atoms with Crippen LogP contribution in [0.3, 0.4) is 0 Å². The summed E-state index contributed by atoms with van der Waals surface area (Å²) in [5.74, 6) is 0. The van der Waals surface area contributed by atoms with E-state index >= 15 is 0 Å². The number of hydrogen-bond acceptors (Lipinski definition) is 2. The van der Waals surface area contributed by atoms with Crippen molar-refractivity contribution in [1.29, 1.82) is 0 Å². The van der Waals surface area contributed by atoms with Crippen molar-refractivity contribution in [2.75, 3.05) is 7.05 Å². The molecule has 2 aliphatic rings. The van der Waals surface area contributed by atoms with E-state index in [0.717, 1.165) is 36.5 Å². The number of benzene rings is 1. The van der Waals surface area contributed by atoms with Crippen molar-refractivity contribution >= 4 is 34.3 Å². The number of aryl methyl sites for hydroxylation is 2. The zero-order chi connectivity index (χ0) is 19.4. The predicted octanol–water partition coefficient (Wildman–Crippen LogP) is 5.71. The van der Waals surface area contributed by atoms with Crippen molar-refractivity contribution in [3.05, 3.63) is 63.6 Å². The van der Waals surface area contributed by atoms with E-state index in [1.54, 1.807) is 0 Å². The zero-order valence-electron chi connectivity index (χ0n) is 16.8. The Hall–Kier alpha value is -2.10. The van der Waals surface area contributed by atoms with Gasteiger partial charge in [-0.15, -0.1) is 0 Å². The number of aromatic nitrogens is 2. The molecule has 0 radical (unpaired) electrons. The van der Waals surface area contributed by atoms with E-state index in [9.17, 15) is 0 Å². The largest absolute Gasteiger partial charge is 0.320 e. The maximum absolute atomic E-state index is 6.36. The first-order valence-corrected chi connectivity index (χ1v) is 10.6. The Balaban J connectivity index is 1.73. The number of hydrogen-bond donors (Lipinski definition) is 0. The molecule has 144 valence electrons. The fourth-order valence-electron chi connectivity index (χ4n) is 4.76. The van der Waals surface area contributed by atoms with Gasteiger partial charge in [0.2, 0.25) is 0 Å². The molecule has 1 aliphatic heterocycles. The van der Waals surface area contributed by atoms with Gasteiger partial charge in [-0.1, -0.05) is 17.7 Å². The average Bonchev–Trinajstić information content (AvgIpc) is 2.94. The summed E-state index contributed by atoms with van der Waals surface area (Å²) >= 11 is 6.36. The first-order chi connectivity index (χ1) is 13.5. The SMILES string of the molecule is Cc1ccc2c(n1)CCC/C2=C\n1c2c(c3cc(Cl)ccc31)CN(C)C(C)C2. The van der Waals surface area contributed by atoms with E-state index in [0.29, 0.717) is 6.04 Å². The lowest BCUT2D eigenvalue weighted by molar-refractivity contribution is 0.230. The predicted molar refractivity (Wildman–Crippen MR) is 118 cm³/mol. The second-order valence-corrected chi connectivity index (χ2v) is 8.82. The van der Waals surface area contributed by atoms with Crippen LogP contribution in [0.4, 0.5) is 0 Å². The van der Waals surface area contributed by atoms with Crippen LogP contribution in [0.1, 0.15) is 48.0 Å². The minimum atomic E-state index is 0.535. The molecule has 2 aromatic heterocycles. The van der Waals surface area contributed by atoms with Gasteiger partial charge in [0.1, 0.15) is 0 Å². The highest BCUT2D eigenvalue weighted by molar-refractivity contribution is 6.31. The Morgan fingerprint density at radius 3 is 2.89 bits per heavy atom. The monoisotopic (exact) mass is 391 g/mol. The molecule has 0 N–H and O–H groups in total. The summed E-state index contributed by atoms with van der Waals surface area (Å²) in [5, 5.41) is 2.10. The number of fused-ring (bicyclic) bond motifs is 4. The van der Waals surface area contributed by atoms with Crippen LogP contribution in [-0.2, 0) is 19.4 Å². The molecule has 3 nitrogen and oxygen atoms in total. The lowest BCUT2D eigenvalue weighted by Gasteiger charge is -2.30. The summed E-state index contributed by atoms with van der Waals surface area (Å²) in [6.07, 6.45) is 6.79. The van der Waals surface area contributed by atoms with Gasteiger partial charge >= 0.3 is 0 Å². The van der Waals surface area contributed by atoms with E-state index < -0.39 is 0 Å². The summed E-state index contributed by atoms with van der Waals surface area (Å²) < 4.78 is 2.44. The number of nitrogens with zero attached hydrogens (tertiary/aromatic N) is 3. The van der Waals surface area contributed by atoms with Gasteiger partial charge in [0.05, 0.1) is 5.52 Å². The number of likely N-dealkylation sites (N-methyl/N-ethyl adjacent to an activating group) is 1. The van der Waals surface area contributed by atoms with Crippen LogP contribution >= 0.6 is 11.6 Å². The van der Waals surface area contributed by atoms with Crippen molar-refractivity contribution < 1.29 is 0 Å². The molecule has 3 aromatic rings.